The van der Waals surface area contributed by atoms with Crippen LogP contribution in [0.5, 0.6) is 5.75 Å². The van der Waals surface area contributed by atoms with Crippen LogP contribution in [0.15, 0.2) is 42.5 Å². The van der Waals surface area contributed by atoms with Crippen molar-refractivity contribution in [2.24, 2.45) is 0 Å². The summed E-state index contributed by atoms with van der Waals surface area (Å²) in [7, 11) is 0. The minimum Gasteiger partial charge on any atom is -0.508 e. The quantitative estimate of drug-likeness (QED) is 0.856. The molecule has 0 saturated carbocycles. The first-order valence-electron chi connectivity index (χ1n) is 5.88. The molecule has 94 valence electrons. The second-order valence-corrected chi connectivity index (χ2v) is 4.42. The molecule has 2 aromatic rings. The van der Waals surface area contributed by atoms with Gasteiger partial charge in [-0.3, -0.25) is 0 Å². The van der Waals surface area contributed by atoms with Crippen molar-refractivity contribution in [1.29, 1.82) is 0 Å². The van der Waals surface area contributed by atoms with Gasteiger partial charge in [-0.15, -0.1) is 0 Å². The Hall–Kier alpha value is -2.03. The maximum Gasteiger partial charge on any atom is 0.126 e. The van der Waals surface area contributed by atoms with Crippen LogP contribution in [0.4, 0.5) is 10.1 Å². The molecule has 2 rings (SSSR count). The summed E-state index contributed by atoms with van der Waals surface area (Å²) >= 11 is 0. The van der Waals surface area contributed by atoms with Crippen LogP contribution in [-0.4, -0.2) is 5.11 Å². The normalized spacial score (nSPS) is 12.2. The van der Waals surface area contributed by atoms with Gasteiger partial charge in [-0.2, -0.15) is 0 Å². The number of phenols is 1. The summed E-state index contributed by atoms with van der Waals surface area (Å²) in [6.07, 6.45) is 0. The summed E-state index contributed by atoms with van der Waals surface area (Å²) < 4.78 is 13.2. The number of nitrogens with one attached hydrogen (secondary N) is 1. The Morgan fingerprint density at radius 1 is 1.17 bits per heavy atom. The van der Waals surface area contributed by atoms with Crippen LogP contribution in [0.1, 0.15) is 24.1 Å². The number of phenolic OH excluding ortho intramolecular Hbond substituents is 1. The van der Waals surface area contributed by atoms with E-state index in [9.17, 15) is 9.50 Å². The molecule has 0 radical (unpaired) electrons. The summed E-state index contributed by atoms with van der Waals surface area (Å²) in [6.45, 7) is 3.73. The van der Waals surface area contributed by atoms with Gasteiger partial charge in [0.05, 0.1) is 0 Å². The average Bonchev–Trinajstić information content (AvgIpc) is 2.34. The summed E-state index contributed by atoms with van der Waals surface area (Å²) in [6, 6.07) is 12.1. The molecule has 2 aromatic carbocycles. The lowest BCUT2D eigenvalue weighted by Crippen LogP contribution is -2.06. The van der Waals surface area contributed by atoms with Gasteiger partial charge in [0.25, 0.3) is 0 Å². The van der Waals surface area contributed by atoms with Gasteiger partial charge in [-0.25, -0.2) is 4.39 Å². The van der Waals surface area contributed by atoms with E-state index in [0.29, 0.717) is 5.56 Å². The molecule has 0 heterocycles. The highest BCUT2D eigenvalue weighted by Crippen LogP contribution is 2.23. The van der Waals surface area contributed by atoms with E-state index in [0.717, 1.165) is 11.3 Å². The predicted octanol–water partition coefficient (Wildman–Crippen LogP) is 4.01. The lowest BCUT2D eigenvalue weighted by atomic mass is 10.1. The van der Waals surface area contributed by atoms with Gasteiger partial charge in [0, 0.05) is 11.7 Å². The van der Waals surface area contributed by atoms with Crippen molar-refractivity contribution in [1.82, 2.24) is 0 Å². The molecule has 0 spiro atoms. The first-order valence-corrected chi connectivity index (χ1v) is 5.88. The van der Waals surface area contributed by atoms with Crippen molar-refractivity contribution < 1.29 is 9.50 Å². The highest BCUT2D eigenvalue weighted by atomic mass is 19.1. The van der Waals surface area contributed by atoms with E-state index in [2.05, 4.69) is 5.32 Å². The van der Waals surface area contributed by atoms with E-state index in [4.69, 9.17) is 0 Å². The van der Waals surface area contributed by atoms with Crippen LogP contribution in [0, 0.1) is 12.7 Å². The standard InChI is InChI=1S/C15H16FNO/c1-10-8-13(6-7-15(10)16)17-11(2)12-4-3-5-14(18)9-12/h3-9,11,17-18H,1-2H3. The highest BCUT2D eigenvalue weighted by molar-refractivity contribution is 5.48. The third-order valence-electron chi connectivity index (χ3n) is 2.91. The van der Waals surface area contributed by atoms with Crippen molar-refractivity contribution in [3.63, 3.8) is 0 Å². The first kappa shape index (κ1) is 12.4. The Labute approximate surface area is 106 Å². The van der Waals surface area contributed by atoms with E-state index < -0.39 is 0 Å². The molecule has 1 atom stereocenters. The molecule has 0 bridgehead atoms. The van der Waals surface area contributed by atoms with E-state index in [1.807, 2.05) is 13.0 Å². The Morgan fingerprint density at radius 2 is 1.94 bits per heavy atom. The lowest BCUT2D eigenvalue weighted by Gasteiger charge is -2.16. The number of benzene rings is 2. The molecule has 3 heteroatoms. The van der Waals surface area contributed by atoms with E-state index in [1.54, 1.807) is 37.3 Å². The fourth-order valence-corrected chi connectivity index (χ4v) is 1.86. The molecule has 0 aromatic heterocycles. The van der Waals surface area contributed by atoms with E-state index in [-0.39, 0.29) is 17.6 Å². The lowest BCUT2D eigenvalue weighted by molar-refractivity contribution is 0.474. The second kappa shape index (κ2) is 5.08. The first-order chi connectivity index (χ1) is 8.56. The molecule has 2 nitrogen and oxygen atoms in total. The monoisotopic (exact) mass is 245 g/mol. The molecule has 0 saturated heterocycles. The number of aromatic hydroxyl groups is 1. The molecule has 2 N–H and O–H groups in total. The van der Waals surface area contributed by atoms with Crippen molar-refractivity contribution in [2.75, 3.05) is 5.32 Å². The van der Waals surface area contributed by atoms with Crippen LogP contribution in [0.2, 0.25) is 0 Å². The van der Waals surface area contributed by atoms with Crippen LogP contribution in [0.25, 0.3) is 0 Å². The van der Waals surface area contributed by atoms with E-state index in [1.165, 1.54) is 6.07 Å². The smallest absolute Gasteiger partial charge is 0.126 e. The Balaban J connectivity index is 2.16. The molecule has 0 aliphatic rings. The third kappa shape index (κ3) is 2.80. The molecule has 0 fully saturated rings. The minimum atomic E-state index is -0.203. The zero-order valence-corrected chi connectivity index (χ0v) is 10.4. The van der Waals surface area contributed by atoms with Gasteiger partial charge in [0.15, 0.2) is 0 Å². The number of hydrogen-bond acceptors (Lipinski definition) is 2. The van der Waals surface area contributed by atoms with Crippen LogP contribution >= 0.6 is 0 Å². The SMILES string of the molecule is Cc1cc(NC(C)c2cccc(O)c2)ccc1F. The van der Waals surface area contributed by atoms with E-state index >= 15 is 0 Å². The summed E-state index contributed by atoms with van der Waals surface area (Å²) in [5, 5.41) is 12.7. The molecule has 18 heavy (non-hydrogen) atoms. The van der Waals surface area contributed by atoms with Crippen LogP contribution in [-0.2, 0) is 0 Å². The van der Waals surface area contributed by atoms with Gasteiger partial charge >= 0.3 is 0 Å². The Kier molecular flexibility index (Phi) is 3.51. The number of rotatable bonds is 3. The number of anilines is 1. The largest absolute Gasteiger partial charge is 0.508 e. The van der Waals surface area contributed by atoms with Gasteiger partial charge < -0.3 is 10.4 Å². The van der Waals surface area contributed by atoms with Crippen molar-refractivity contribution in [3.05, 3.63) is 59.4 Å². The van der Waals surface area contributed by atoms with Crippen molar-refractivity contribution >= 4 is 5.69 Å². The zero-order chi connectivity index (χ0) is 13.1. The zero-order valence-electron chi connectivity index (χ0n) is 10.4. The van der Waals surface area contributed by atoms with Crippen LogP contribution in [0.3, 0.4) is 0 Å². The third-order valence-corrected chi connectivity index (χ3v) is 2.91. The summed E-state index contributed by atoms with van der Waals surface area (Å²) in [4.78, 5) is 0. The highest BCUT2D eigenvalue weighted by Gasteiger charge is 2.07. The summed E-state index contributed by atoms with van der Waals surface area (Å²) in [5.74, 6) is 0.0435. The molecule has 0 aliphatic carbocycles. The van der Waals surface area contributed by atoms with Crippen molar-refractivity contribution in [2.45, 2.75) is 19.9 Å². The molecular weight excluding hydrogens is 229 g/mol. The molecule has 0 aliphatic heterocycles. The molecule has 0 amide bonds. The fourth-order valence-electron chi connectivity index (χ4n) is 1.86. The van der Waals surface area contributed by atoms with Gasteiger partial charge in [0.1, 0.15) is 11.6 Å². The maximum absolute atomic E-state index is 13.2. The predicted molar refractivity (Wildman–Crippen MR) is 71.3 cm³/mol. The fraction of sp³-hybridized carbons (Fsp3) is 0.200. The average molecular weight is 245 g/mol. The Morgan fingerprint density at radius 3 is 2.61 bits per heavy atom. The van der Waals surface area contributed by atoms with Gasteiger partial charge in [-0.1, -0.05) is 12.1 Å². The summed E-state index contributed by atoms with van der Waals surface area (Å²) in [5.41, 5.74) is 2.46. The molecular formula is C15H16FNO. The number of halogens is 1. The van der Waals surface area contributed by atoms with Gasteiger partial charge in [0.2, 0.25) is 0 Å². The Bertz CT molecular complexity index is 554. The minimum absolute atomic E-state index is 0.0435. The number of hydrogen-bond donors (Lipinski definition) is 2. The van der Waals surface area contributed by atoms with Crippen molar-refractivity contribution in [3.8, 4) is 5.75 Å². The second-order valence-electron chi connectivity index (χ2n) is 4.42. The van der Waals surface area contributed by atoms with Crippen LogP contribution < -0.4 is 5.32 Å². The molecule has 1 unspecified atom stereocenters. The topological polar surface area (TPSA) is 32.3 Å². The number of aryl methyl sites for hydroxylation is 1. The van der Waals surface area contributed by atoms with Gasteiger partial charge in [-0.05, 0) is 55.3 Å². The maximum atomic E-state index is 13.2.